The Balaban J connectivity index is 1.43. The summed E-state index contributed by atoms with van der Waals surface area (Å²) in [4.78, 5) is 0. The Labute approximate surface area is 119 Å². The first kappa shape index (κ1) is 13.9. The monoisotopic (exact) mass is 263 g/mol. The zero-order chi connectivity index (χ0) is 13.0. The van der Waals surface area contributed by atoms with Gasteiger partial charge in [-0.25, -0.2) is 0 Å². The maximum absolute atomic E-state index is 4.03. The Morgan fingerprint density at radius 3 is 1.68 bits per heavy atom. The van der Waals surface area contributed by atoms with Crippen molar-refractivity contribution in [2.24, 2.45) is 5.41 Å². The summed E-state index contributed by atoms with van der Waals surface area (Å²) in [6.45, 7) is 0. The quantitative estimate of drug-likeness (QED) is 0.722. The molecule has 0 heterocycles. The van der Waals surface area contributed by atoms with Crippen LogP contribution in [-0.2, 0) is 0 Å². The van der Waals surface area contributed by atoms with Crippen LogP contribution in [0.3, 0.4) is 0 Å². The Morgan fingerprint density at radius 2 is 1.05 bits per heavy atom. The van der Waals surface area contributed by atoms with E-state index >= 15 is 0 Å². The summed E-state index contributed by atoms with van der Waals surface area (Å²) in [7, 11) is 0. The average Bonchev–Trinajstić information content (AvgIpc) is 2.84. The van der Waals surface area contributed by atoms with Crippen LogP contribution >= 0.6 is 0 Å². The van der Waals surface area contributed by atoms with Gasteiger partial charge in [0.15, 0.2) is 0 Å². The van der Waals surface area contributed by atoms with Crippen molar-refractivity contribution < 1.29 is 0 Å². The molecule has 3 fully saturated rings. The Morgan fingerprint density at radius 1 is 0.526 bits per heavy atom. The summed E-state index contributed by atoms with van der Waals surface area (Å²) in [5.74, 6) is 0. The standard InChI is InChI=1S/C18H33N/c1-2-4-8-16(9-5-3-1)19-17-10-14-18(15-11-17)12-6-7-13-18/h16-17,19H,1-15H2. The van der Waals surface area contributed by atoms with Crippen molar-refractivity contribution in [3.8, 4) is 0 Å². The van der Waals surface area contributed by atoms with E-state index in [9.17, 15) is 0 Å². The second-order valence-corrected chi connectivity index (χ2v) is 7.69. The van der Waals surface area contributed by atoms with E-state index in [-0.39, 0.29) is 0 Å². The van der Waals surface area contributed by atoms with Crippen LogP contribution < -0.4 is 5.32 Å². The molecule has 1 N–H and O–H groups in total. The van der Waals surface area contributed by atoms with Gasteiger partial charge in [-0.2, -0.15) is 0 Å². The van der Waals surface area contributed by atoms with Crippen LogP contribution in [0.4, 0.5) is 0 Å². The number of rotatable bonds is 2. The number of hydrogen-bond donors (Lipinski definition) is 1. The van der Waals surface area contributed by atoms with Gasteiger partial charge in [0, 0.05) is 12.1 Å². The van der Waals surface area contributed by atoms with E-state index in [0.717, 1.165) is 17.5 Å². The summed E-state index contributed by atoms with van der Waals surface area (Å²) >= 11 is 0. The predicted molar refractivity (Wildman–Crippen MR) is 82.4 cm³/mol. The van der Waals surface area contributed by atoms with Crippen molar-refractivity contribution >= 4 is 0 Å². The zero-order valence-corrected chi connectivity index (χ0v) is 12.8. The average molecular weight is 263 g/mol. The molecule has 3 aliphatic rings. The molecule has 0 unspecified atom stereocenters. The molecule has 0 aromatic heterocycles. The van der Waals surface area contributed by atoms with Gasteiger partial charge < -0.3 is 5.32 Å². The lowest BCUT2D eigenvalue weighted by atomic mass is 9.71. The highest BCUT2D eigenvalue weighted by Gasteiger charge is 2.37. The fraction of sp³-hybridized carbons (Fsp3) is 1.00. The number of hydrogen-bond acceptors (Lipinski definition) is 1. The first-order chi connectivity index (χ1) is 9.36. The van der Waals surface area contributed by atoms with E-state index < -0.39 is 0 Å². The van der Waals surface area contributed by atoms with Crippen molar-refractivity contribution in [2.45, 2.75) is 108 Å². The zero-order valence-electron chi connectivity index (χ0n) is 12.8. The van der Waals surface area contributed by atoms with Gasteiger partial charge in [-0.1, -0.05) is 44.9 Å². The van der Waals surface area contributed by atoms with Crippen LogP contribution in [0.1, 0.15) is 96.3 Å². The first-order valence-electron chi connectivity index (χ1n) is 9.12. The highest BCUT2D eigenvalue weighted by Crippen LogP contribution is 2.48. The van der Waals surface area contributed by atoms with Gasteiger partial charge in [0.25, 0.3) is 0 Å². The van der Waals surface area contributed by atoms with E-state index in [2.05, 4.69) is 5.32 Å². The smallest absolute Gasteiger partial charge is 0.00700 e. The van der Waals surface area contributed by atoms with Gasteiger partial charge in [0.2, 0.25) is 0 Å². The van der Waals surface area contributed by atoms with Crippen LogP contribution in [0, 0.1) is 5.41 Å². The molecule has 110 valence electrons. The Kier molecular flexibility index (Phi) is 4.84. The van der Waals surface area contributed by atoms with Gasteiger partial charge in [-0.05, 0) is 56.8 Å². The summed E-state index contributed by atoms with van der Waals surface area (Å²) in [6.07, 6.45) is 22.4. The molecule has 0 aromatic rings. The molecule has 3 aliphatic carbocycles. The molecule has 3 saturated carbocycles. The SMILES string of the molecule is C1CCCC(NC2CCC3(CCCC3)CC2)CCC1. The van der Waals surface area contributed by atoms with Gasteiger partial charge in [0.05, 0.1) is 0 Å². The summed E-state index contributed by atoms with van der Waals surface area (Å²) in [6, 6.07) is 1.71. The third-order valence-corrected chi connectivity index (χ3v) is 6.29. The lowest BCUT2D eigenvalue weighted by Gasteiger charge is -2.39. The fourth-order valence-corrected chi connectivity index (χ4v) is 4.98. The maximum Gasteiger partial charge on any atom is 0.00700 e. The molecule has 0 atom stereocenters. The van der Waals surface area contributed by atoms with Gasteiger partial charge >= 0.3 is 0 Å². The Hall–Kier alpha value is -0.0400. The minimum Gasteiger partial charge on any atom is -0.311 e. The van der Waals surface area contributed by atoms with Crippen LogP contribution in [0.2, 0.25) is 0 Å². The van der Waals surface area contributed by atoms with Gasteiger partial charge in [-0.3, -0.25) is 0 Å². The van der Waals surface area contributed by atoms with Gasteiger partial charge in [-0.15, -0.1) is 0 Å². The minimum absolute atomic E-state index is 0.805. The minimum atomic E-state index is 0.805. The maximum atomic E-state index is 4.03. The van der Waals surface area contributed by atoms with E-state index in [1.54, 1.807) is 12.8 Å². The molecule has 0 aliphatic heterocycles. The third kappa shape index (κ3) is 3.74. The molecular formula is C18H33N. The normalized spacial score (nSPS) is 30.3. The molecule has 0 amide bonds. The van der Waals surface area contributed by atoms with E-state index in [1.165, 1.54) is 83.5 Å². The predicted octanol–water partition coefficient (Wildman–Crippen LogP) is 5.19. The molecule has 0 radical (unpaired) electrons. The van der Waals surface area contributed by atoms with Gasteiger partial charge in [0.1, 0.15) is 0 Å². The van der Waals surface area contributed by atoms with Crippen LogP contribution in [0.25, 0.3) is 0 Å². The summed E-state index contributed by atoms with van der Waals surface area (Å²) in [5, 5.41) is 4.03. The summed E-state index contributed by atoms with van der Waals surface area (Å²) < 4.78 is 0. The van der Waals surface area contributed by atoms with Crippen molar-refractivity contribution in [1.82, 2.24) is 5.32 Å². The van der Waals surface area contributed by atoms with Crippen molar-refractivity contribution in [2.75, 3.05) is 0 Å². The second-order valence-electron chi connectivity index (χ2n) is 7.69. The largest absolute Gasteiger partial charge is 0.311 e. The summed E-state index contributed by atoms with van der Waals surface area (Å²) in [5.41, 5.74) is 0.805. The molecule has 1 nitrogen and oxygen atoms in total. The lowest BCUT2D eigenvalue weighted by Crippen LogP contribution is -2.42. The van der Waals surface area contributed by atoms with Crippen molar-refractivity contribution in [1.29, 1.82) is 0 Å². The highest BCUT2D eigenvalue weighted by molar-refractivity contribution is 4.92. The van der Waals surface area contributed by atoms with E-state index in [0.29, 0.717) is 0 Å². The fourth-order valence-electron chi connectivity index (χ4n) is 4.98. The molecule has 0 bridgehead atoms. The molecule has 3 rings (SSSR count). The second kappa shape index (κ2) is 6.61. The topological polar surface area (TPSA) is 12.0 Å². The first-order valence-corrected chi connectivity index (χ1v) is 9.12. The molecule has 0 aromatic carbocycles. The van der Waals surface area contributed by atoms with E-state index in [1.807, 2.05) is 0 Å². The van der Waals surface area contributed by atoms with Crippen LogP contribution in [0.5, 0.6) is 0 Å². The third-order valence-electron chi connectivity index (χ3n) is 6.29. The Bertz CT molecular complexity index is 249. The molecule has 0 saturated heterocycles. The lowest BCUT2D eigenvalue weighted by molar-refractivity contribution is 0.159. The van der Waals surface area contributed by atoms with Crippen LogP contribution in [-0.4, -0.2) is 12.1 Å². The molecule has 1 heteroatoms. The van der Waals surface area contributed by atoms with Crippen molar-refractivity contribution in [3.05, 3.63) is 0 Å². The van der Waals surface area contributed by atoms with Crippen molar-refractivity contribution in [3.63, 3.8) is 0 Å². The molecule has 19 heavy (non-hydrogen) atoms. The van der Waals surface area contributed by atoms with Crippen LogP contribution in [0.15, 0.2) is 0 Å². The van der Waals surface area contributed by atoms with E-state index in [4.69, 9.17) is 0 Å². The number of nitrogens with one attached hydrogen (secondary N) is 1. The highest BCUT2D eigenvalue weighted by atomic mass is 15.0. The molecular weight excluding hydrogens is 230 g/mol. The molecule has 1 spiro atoms.